The molecule has 0 spiro atoms. The Kier molecular flexibility index (Phi) is 8.43. The van der Waals surface area contributed by atoms with E-state index in [-0.39, 0.29) is 17.9 Å². The van der Waals surface area contributed by atoms with E-state index in [0.29, 0.717) is 48.9 Å². The van der Waals surface area contributed by atoms with Crippen molar-refractivity contribution in [2.24, 2.45) is 40.7 Å². The molecule has 1 heterocycles. The summed E-state index contributed by atoms with van der Waals surface area (Å²) < 4.78 is 7.67. The zero-order valence-corrected chi connectivity index (χ0v) is 22.5. The predicted octanol–water partition coefficient (Wildman–Crippen LogP) is 3.82. The summed E-state index contributed by atoms with van der Waals surface area (Å²) in [5, 5.41) is 10.8. The van der Waals surface area contributed by atoms with E-state index in [0.717, 1.165) is 24.7 Å². The molecular weight excluding hydrogens is 454 g/mol. The smallest absolute Gasteiger partial charge is 0.258 e. The number of nitrogens with zero attached hydrogens (tertiary/aromatic N) is 2. The number of carbonyl (C=O) groups is 2. The largest absolute Gasteiger partial charge is 0.477 e. The fraction of sp³-hybridized carbons (Fsp3) is 0.750. The van der Waals surface area contributed by atoms with Gasteiger partial charge in [-0.25, -0.2) is 4.68 Å². The van der Waals surface area contributed by atoms with Crippen LogP contribution in [0.4, 0.5) is 0 Å². The fourth-order valence-electron chi connectivity index (χ4n) is 6.42. The molecule has 1 aromatic heterocycles. The van der Waals surface area contributed by atoms with Crippen LogP contribution in [-0.4, -0.2) is 47.3 Å². The van der Waals surface area contributed by atoms with Gasteiger partial charge in [0.25, 0.3) is 5.91 Å². The average Bonchev–Trinajstić information content (AvgIpc) is 3.23. The van der Waals surface area contributed by atoms with Crippen LogP contribution in [0.1, 0.15) is 83.0 Å². The minimum Gasteiger partial charge on any atom is -0.477 e. The first kappa shape index (κ1) is 26.7. The molecule has 1 aromatic rings. The van der Waals surface area contributed by atoms with Gasteiger partial charge in [-0.3, -0.25) is 9.59 Å². The van der Waals surface area contributed by atoms with Crippen molar-refractivity contribution in [3.8, 4) is 5.88 Å². The first-order chi connectivity index (χ1) is 17.2. The zero-order valence-electron chi connectivity index (χ0n) is 22.5. The number of unbranched alkanes of at least 4 members (excludes halogenated alkanes) is 1. The maximum atomic E-state index is 13.5. The lowest BCUT2D eigenvalue weighted by molar-refractivity contribution is -0.127. The van der Waals surface area contributed by atoms with E-state index in [4.69, 9.17) is 10.5 Å². The lowest BCUT2D eigenvalue weighted by Gasteiger charge is -2.54. The minimum absolute atomic E-state index is 0.0626. The molecule has 200 valence electrons. The Morgan fingerprint density at radius 1 is 1.17 bits per heavy atom. The van der Waals surface area contributed by atoms with Crippen LogP contribution in [0.15, 0.2) is 12.3 Å². The Hall–Kier alpha value is -2.35. The summed E-state index contributed by atoms with van der Waals surface area (Å²) in [7, 11) is 0. The molecule has 0 radical (unpaired) electrons. The molecule has 4 aliphatic rings. The van der Waals surface area contributed by atoms with Crippen molar-refractivity contribution in [2.45, 2.75) is 78.7 Å². The number of nitrogens with one attached hydrogen (secondary N) is 2. The van der Waals surface area contributed by atoms with Gasteiger partial charge in [0.1, 0.15) is 5.56 Å². The molecule has 5 rings (SSSR count). The lowest BCUT2D eigenvalue weighted by atomic mass is 9.54. The van der Waals surface area contributed by atoms with E-state index in [1.807, 2.05) is 13.8 Å². The molecule has 4 N–H and O–H groups in total. The Morgan fingerprint density at radius 3 is 2.44 bits per heavy atom. The first-order valence-corrected chi connectivity index (χ1v) is 13.9. The van der Waals surface area contributed by atoms with Crippen LogP contribution in [0.3, 0.4) is 0 Å². The number of hydrogen-bond donors (Lipinski definition) is 3. The molecule has 4 saturated carbocycles. The number of rotatable bonds is 12. The van der Waals surface area contributed by atoms with Gasteiger partial charge in [-0.1, -0.05) is 19.9 Å². The minimum atomic E-state index is -0.743. The van der Waals surface area contributed by atoms with Crippen LogP contribution in [0.2, 0.25) is 0 Å². The molecular formula is C28H45N5O3. The summed E-state index contributed by atoms with van der Waals surface area (Å²) in [5.41, 5.74) is 5.25. The molecule has 4 fully saturated rings. The molecule has 4 aliphatic carbocycles. The first-order valence-electron chi connectivity index (χ1n) is 13.9. The van der Waals surface area contributed by atoms with Gasteiger partial charge in [0, 0.05) is 18.8 Å². The summed E-state index contributed by atoms with van der Waals surface area (Å²) in [5.74, 6) is 3.48. The third-order valence-corrected chi connectivity index (χ3v) is 8.21. The zero-order chi connectivity index (χ0) is 25.9. The maximum absolute atomic E-state index is 13.5. The van der Waals surface area contributed by atoms with Gasteiger partial charge in [-0.2, -0.15) is 5.10 Å². The highest BCUT2D eigenvalue weighted by molar-refractivity contribution is 5.96. The van der Waals surface area contributed by atoms with Crippen molar-refractivity contribution in [3.63, 3.8) is 0 Å². The summed E-state index contributed by atoms with van der Waals surface area (Å²) in [6.45, 7) is 9.57. The van der Waals surface area contributed by atoms with Crippen molar-refractivity contribution in [2.75, 3.05) is 19.7 Å². The van der Waals surface area contributed by atoms with Gasteiger partial charge in [0.05, 0.1) is 18.2 Å². The van der Waals surface area contributed by atoms with E-state index < -0.39 is 5.41 Å². The summed E-state index contributed by atoms with van der Waals surface area (Å²) in [6, 6.07) is 0.254. The van der Waals surface area contributed by atoms with E-state index >= 15 is 0 Å². The number of aromatic nitrogens is 2. The van der Waals surface area contributed by atoms with Crippen LogP contribution in [0.5, 0.6) is 5.88 Å². The SMILES string of the molecule is CC(C)COc1c(C(=O)NC2C3CC4CC(C3)CC2C4)cnn1C=CC(C)(C)C(=O)NCCCCN. The topological polar surface area (TPSA) is 111 Å². The van der Waals surface area contributed by atoms with Crippen molar-refractivity contribution in [3.05, 3.63) is 17.8 Å². The normalized spacial score (nSPS) is 27.1. The lowest BCUT2D eigenvalue weighted by Crippen LogP contribution is -2.55. The van der Waals surface area contributed by atoms with Gasteiger partial charge >= 0.3 is 0 Å². The van der Waals surface area contributed by atoms with Crippen LogP contribution in [-0.2, 0) is 4.79 Å². The molecule has 8 heteroatoms. The number of hydrogen-bond acceptors (Lipinski definition) is 5. The monoisotopic (exact) mass is 499 g/mol. The number of carbonyl (C=O) groups excluding carboxylic acids is 2. The van der Waals surface area contributed by atoms with E-state index in [9.17, 15) is 9.59 Å². The van der Waals surface area contributed by atoms with E-state index in [1.165, 1.54) is 32.1 Å². The molecule has 36 heavy (non-hydrogen) atoms. The molecule has 4 bridgehead atoms. The summed E-state index contributed by atoms with van der Waals surface area (Å²) in [4.78, 5) is 26.1. The Morgan fingerprint density at radius 2 is 1.83 bits per heavy atom. The quantitative estimate of drug-likeness (QED) is 0.379. The van der Waals surface area contributed by atoms with Crippen molar-refractivity contribution < 1.29 is 14.3 Å². The highest BCUT2D eigenvalue weighted by Crippen LogP contribution is 2.53. The third-order valence-electron chi connectivity index (χ3n) is 8.21. The Balaban J connectivity index is 1.46. The third kappa shape index (κ3) is 6.13. The van der Waals surface area contributed by atoms with Crippen molar-refractivity contribution in [1.82, 2.24) is 20.4 Å². The average molecular weight is 500 g/mol. The Labute approximate surface area is 215 Å². The van der Waals surface area contributed by atoms with E-state index in [2.05, 4.69) is 29.6 Å². The van der Waals surface area contributed by atoms with Gasteiger partial charge in [0.2, 0.25) is 11.8 Å². The van der Waals surface area contributed by atoms with E-state index in [1.54, 1.807) is 23.2 Å². The van der Waals surface area contributed by atoms with Crippen molar-refractivity contribution in [1.29, 1.82) is 0 Å². The maximum Gasteiger partial charge on any atom is 0.258 e. The number of ether oxygens (including phenoxy) is 1. The molecule has 0 unspecified atom stereocenters. The predicted molar refractivity (Wildman–Crippen MR) is 141 cm³/mol. The second-order valence-electron chi connectivity index (χ2n) is 12.2. The van der Waals surface area contributed by atoms with Crippen LogP contribution >= 0.6 is 0 Å². The molecule has 0 aliphatic heterocycles. The molecule has 0 aromatic carbocycles. The molecule has 2 amide bonds. The fourth-order valence-corrected chi connectivity index (χ4v) is 6.42. The van der Waals surface area contributed by atoms with Crippen LogP contribution < -0.4 is 21.1 Å². The molecule has 0 saturated heterocycles. The van der Waals surface area contributed by atoms with Gasteiger partial charge in [0.15, 0.2) is 0 Å². The Bertz CT molecular complexity index is 923. The second-order valence-corrected chi connectivity index (χ2v) is 12.2. The van der Waals surface area contributed by atoms with Crippen LogP contribution in [0, 0.1) is 35.0 Å². The van der Waals surface area contributed by atoms with Gasteiger partial charge in [-0.15, -0.1) is 0 Å². The van der Waals surface area contributed by atoms with Gasteiger partial charge in [-0.05, 0) is 94.9 Å². The summed E-state index contributed by atoms with van der Waals surface area (Å²) in [6.07, 6.45) is 13.3. The number of amides is 2. The standard InChI is InChI=1S/C28H45N5O3/c1-18(2)17-36-26-23(25(34)32-24-21-12-19-11-20(14-21)15-22(24)13-19)16-31-33(26)10-7-28(3,4)27(35)30-9-6-5-8-29/h7,10,16,18-22,24H,5-6,8-9,11-15,17,29H2,1-4H3,(H,30,35)(H,32,34). The van der Waals surface area contributed by atoms with Gasteiger partial charge < -0.3 is 21.1 Å². The molecule has 8 nitrogen and oxygen atoms in total. The summed E-state index contributed by atoms with van der Waals surface area (Å²) >= 11 is 0. The highest BCUT2D eigenvalue weighted by Gasteiger charge is 2.48. The molecule has 0 atom stereocenters. The highest BCUT2D eigenvalue weighted by atomic mass is 16.5. The number of nitrogens with two attached hydrogens (primary N) is 1. The second kappa shape index (κ2) is 11.4. The van der Waals surface area contributed by atoms with Crippen molar-refractivity contribution >= 4 is 18.0 Å². The van der Waals surface area contributed by atoms with Crippen LogP contribution in [0.25, 0.3) is 6.20 Å².